The molecular weight excluding hydrogens is 274 g/mol. The summed E-state index contributed by atoms with van der Waals surface area (Å²) in [6, 6.07) is 2.45. The molecule has 0 spiro atoms. The molecule has 2 rings (SSSR count). The second kappa shape index (κ2) is 6.68. The van der Waals surface area contributed by atoms with Crippen molar-refractivity contribution in [3.05, 3.63) is 22.2 Å². The molecule has 0 bridgehead atoms. The van der Waals surface area contributed by atoms with Gasteiger partial charge in [-0.15, -0.1) is 0 Å². The number of piperidine rings is 1. The number of hydrogen-bond acceptors (Lipinski definition) is 3. The summed E-state index contributed by atoms with van der Waals surface area (Å²) in [6.45, 7) is 5.40. The molecule has 4 heteroatoms. The van der Waals surface area contributed by atoms with E-state index in [4.69, 9.17) is 21.1 Å². The summed E-state index contributed by atoms with van der Waals surface area (Å²) < 4.78 is 10.9. The molecule has 1 fully saturated rings. The lowest BCUT2D eigenvalue weighted by Crippen LogP contribution is -2.28. The summed E-state index contributed by atoms with van der Waals surface area (Å²) in [5.41, 5.74) is 2.42. The van der Waals surface area contributed by atoms with Crippen LogP contribution in [0.4, 0.5) is 0 Å². The predicted molar refractivity (Wildman–Crippen MR) is 83.2 cm³/mol. The fourth-order valence-corrected chi connectivity index (χ4v) is 3.47. The third-order valence-corrected chi connectivity index (χ3v) is 4.32. The Morgan fingerprint density at radius 1 is 1.25 bits per heavy atom. The lowest BCUT2D eigenvalue weighted by atomic mass is 9.88. The summed E-state index contributed by atoms with van der Waals surface area (Å²) in [5, 5.41) is 4.28. The molecule has 1 atom stereocenters. The molecule has 0 saturated carbocycles. The van der Waals surface area contributed by atoms with Crippen molar-refractivity contribution in [1.82, 2.24) is 5.32 Å². The van der Waals surface area contributed by atoms with Gasteiger partial charge in [-0.2, -0.15) is 0 Å². The summed E-state index contributed by atoms with van der Waals surface area (Å²) in [5.74, 6) is 1.70. The molecule has 1 unspecified atom stereocenters. The molecule has 0 aliphatic carbocycles. The highest BCUT2D eigenvalue weighted by molar-refractivity contribution is 6.33. The van der Waals surface area contributed by atoms with Crippen LogP contribution in [0.1, 0.15) is 56.2 Å². The summed E-state index contributed by atoms with van der Waals surface area (Å²) in [6.07, 6.45) is 3.64. The van der Waals surface area contributed by atoms with Crippen LogP contribution in [0.25, 0.3) is 0 Å². The van der Waals surface area contributed by atoms with Crippen molar-refractivity contribution in [1.29, 1.82) is 0 Å². The predicted octanol–water partition coefficient (Wildman–Crippen LogP) is 4.30. The maximum atomic E-state index is 6.58. The average Bonchev–Trinajstić information content (AvgIpc) is 2.46. The Morgan fingerprint density at radius 2 is 2.00 bits per heavy atom. The number of methoxy groups -OCH3 is 2. The molecule has 112 valence electrons. The van der Waals surface area contributed by atoms with E-state index in [2.05, 4.69) is 25.2 Å². The zero-order valence-corrected chi connectivity index (χ0v) is 13.5. The SMILES string of the molecule is COc1cc(C2CCCCN2)c(C(C)C)c(Cl)c1OC. The Hall–Kier alpha value is -0.930. The second-order valence-electron chi connectivity index (χ2n) is 5.59. The average molecular weight is 298 g/mol. The van der Waals surface area contributed by atoms with Crippen molar-refractivity contribution in [3.63, 3.8) is 0 Å². The third kappa shape index (κ3) is 2.89. The van der Waals surface area contributed by atoms with Gasteiger partial charge in [-0.3, -0.25) is 0 Å². The van der Waals surface area contributed by atoms with Crippen LogP contribution in [0.15, 0.2) is 6.07 Å². The van der Waals surface area contributed by atoms with Gasteiger partial charge in [0.15, 0.2) is 11.5 Å². The molecule has 3 nitrogen and oxygen atoms in total. The van der Waals surface area contributed by atoms with Gasteiger partial charge >= 0.3 is 0 Å². The van der Waals surface area contributed by atoms with E-state index in [1.165, 1.54) is 24.0 Å². The molecule has 0 aromatic heterocycles. The number of nitrogens with one attached hydrogen (secondary N) is 1. The zero-order chi connectivity index (χ0) is 14.7. The minimum absolute atomic E-state index is 0.348. The first-order chi connectivity index (χ1) is 9.60. The van der Waals surface area contributed by atoms with Gasteiger partial charge in [0.25, 0.3) is 0 Å². The van der Waals surface area contributed by atoms with Crippen molar-refractivity contribution in [2.75, 3.05) is 20.8 Å². The summed E-state index contributed by atoms with van der Waals surface area (Å²) in [7, 11) is 3.29. The minimum Gasteiger partial charge on any atom is -0.493 e. The van der Waals surface area contributed by atoms with Crippen LogP contribution in [0, 0.1) is 0 Å². The number of ether oxygens (including phenoxy) is 2. The Bertz CT molecular complexity index is 468. The van der Waals surface area contributed by atoms with Crippen LogP contribution in [0.5, 0.6) is 11.5 Å². The number of benzene rings is 1. The van der Waals surface area contributed by atoms with Gasteiger partial charge in [0.05, 0.1) is 19.2 Å². The Morgan fingerprint density at radius 3 is 2.50 bits per heavy atom. The summed E-state index contributed by atoms with van der Waals surface area (Å²) >= 11 is 6.58. The molecule has 0 amide bonds. The highest BCUT2D eigenvalue weighted by atomic mass is 35.5. The molecule has 1 aromatic carbocycles. The fraction of sp³-hybridized carbons (Fsp3) is 0.625. The van der Waals surface area contributed by atoms with Gasteiger partial charge in [-0.05, 0) is 42.5 Å². The highest BCUT2D eigenvalue weighted by Crippen LogP contribution is 2.45. The van der Waals surface area contributed by atoms with Crippen LogP contribution in [0.3, 0.4) is 0 Å². The van der Waals surface area contributed by atoms with Gasteiger partial charge in [-0.25, -0.2) is 0 Å². The topological polar surface area (TPSA) is 30.5 Å². The first-order valence-corrected chi connectivity index (χ1v) is 7.65. The van der Waals surface area contributed by atoms with E-state index < -0.39 is 0 Å². The van der Waals surface area contributed by atoms with Gasteiger partial charge in [0, 0.05) is 6.04 Å². The summed E-state index contributed by atoms with van der Waals surface area (Å²) in [4.78, 5) is 0. The molecule has 0 radical (unpaired) electrons. The molecule has 1 heterocycles. The minimum atomic E-state index is 0.348. The zero-order valence-electron chi connectivity index (χ0n) is 12.8. The smallest absolute Gasteiger partial charge is 0.179 e. The number of rotatable bonds is 4. The van der Waals surface area contributed by atoms with E-state index >= 15 is 0 Å². The Kier molecular flexibility index (Phi) is 5.17. The van der Waals surface area contributed by atoms with Crippen molar-refractivity contribution < 1.29 is 9.47 Å². The molecule has 1 saturated heterocycles. The van der Waals surface area contributed by atoms with Gasteiger partial charge < -0.3 is 14.8 Å². The monoisotopic (exact) mass is 297 g/mol. The van der Waals surface area contributed by atoms with Crippen LogP contribution in [-0.2, 0) is 0 Å². The van der Waals surface area contributed by atoms with Crippen LogP contribution in [-0.4, -0.2) is 20.8 Å². The Labute approximate surface area is 126 Å². The third-order valence-electron chi connectivity index (χ3n) is 3.94. The molecular formula is C16H24ClNO2. The normalized spacial score (nSPS) is 19.2. The van der Waals surface area contributed by atoms with Crippen LogP contribution >= 0.6 is 11.6 Å². The fourth-order valence-electron chi connectivity index (χ4n) is 2.98. The van der Waals surface area contributed by atoms with E-state index in [0.717, 1.165) is 13.0 Å². The van der Waals surface area contributed by atoms with Gasteiger partial charge in [0.2, 0.25) is 0 Å². The van der Waals surface area contributed by atoms with Crippen molar-refractivity contribution in [2.24, 2.45) is 0 Å². The molecule has 1 aliphatic rings. The molecule has 1 aromatic rings. The van der Waals surface area contributed by atoms with Crippen molar-refractivity contribution in [2.45, 2.75) is 45.1 Å². The van der Waals surface area contributed by atoms with Crippen molar-refractivity contribution in [3.8, 4) is 11.5 Å². The van der Waals surface area contributed by atoms with Crippen molar-refractivity contribution >= 4 is 11.6 Å². The van der Waals surface area contributed by atoms with E-state index in [-0.39, 0.29) is 0 Å². The highest BCUT2D eigenvalue weighted by Gasteiger charge is 2.25. The standard InChI is InChI=1S/C16H24ClNO2/c1-10(2)14-11(12-7-5-6-8-18-12)9-13(19-3)16(20-4)15(14)17/h9-10,12,18H,5-8H2,1-4H3. The molecule has 1 aliphatic heterocycles. The molecule has 1 N–H and O–H groups in total. The maximum Gasteiger partial charge on any atom is 0.179 e. The largest absolute Gasteiger partial charge is 0.493 e. The number of hydrogen-bond donors (Lipinski definition) is 1. The first kappa shape index (κ1) is 15.5. The van der Waals surface area contributed by atoms with E-state index in [0.29, 0.717) is 28.5 Å². The quantitative estimate of drug-likeness (QED) is 0.899. The van der Waals surface area contributed by atoms with Crippen LogP contribution in [0.2, 0.25) is 5.02 Å². The lowest BCUT2D eigenvalue weighted by molar-refractivity contribution is 0.351. The Balaban J connectivity index is 2.55. The first-order valence-electron chi connectivity index (χ1n) is 7.27. The van der Waals surface area contributed by atoms with Gasteiger partial charge in [-0.1, -0.05) is 31.9 Å². The number of halogens is 1. The molecule has 20 heavy (non-hydrogen) atoms. The maximum absolute atomic E-state index is 6.58. The second-order valence-corrected chi connectivity index (χ2v) is 5.96. The van der Waals surface area contributed by atoms with E-state index in [1.54, 1.807) is 14.2 Å². The lowest BCUT2D eigenvalue weighted by Gasteiger charge is -2.29. The van der Waals surface area contributed by atoms with Crippen LogP contribution < -0.4 is 14.8 Å². The van der Waals surface area contributed by atoms with Gasteiger partial charge in [0.1, 0.15) is 0 Å². The van der Waals surface area contributed by atoms with E-state index in [9.17, 15) is 0 Å². The van der Waals surface area contributed by atoms with E-state index in [1.807, 2.05) is 0 Å².